The third kappa shape index (κ3) is 2.32. The van der Waals surface area contributed by atoms with Crippen molar-refractivity contribution < 1.29 is 0 Å². The SMILES string of the molecule is CCN(c1nc(C)nc2[nH]ncc12)C(C)c1nccnc1N. The molecule has 0 bridgehead atoms. The Morgan fingerprint density at radius 2 is 2.05 bits per heavy atom. The van der Waals surface area contributed by atoms with Gasteiger partial charge in [0.1, 0.15) is 23.2 Å². The molecule has 3 aromatic heterocycles. The van der Waals surface area contributed by atoms with E-state index in [1.54, 1.807) is 18.6 Å². The van der Waals surface area contributed by atoms with E-state index in [1.165, 1.54) is 0 Å². The van der Waals surface area contributed by atoms with Crippen LogP contribution in [-0.4, -0.2) is 36.7 Å². The molecule has 3 aromatic rings. The lowest BCUT2D eigenvalue weighted by atomic mass is 10.1. The minimum Gasteiger partial charge on any atom is -0.382 e. The van der Waals surface area contributed by atoms with Crippen LogP contribution in [0.2, 0.25) is 0 Å². The maximum absolute atomic E-state index is 5.96. The molecule has 3 N–H and O–H groups in total. The molecular weight excluding hydrogens is 280 g/mol. The average molecular weight is 298 g/mol. The molecule has 1 atom stereocenters. The zero-order chi connectivity index (χ0) is 15.7. The van der Waals surface area contributed by atoms with Crippen molar-refractivity contribution in [1.29, 1.82) is 0 Å². The molecule has 1 unspecified atom stereocenters. The van der Waals surface area contributed by atoms with Crippen LogP contribution in [0.3, 0.4) is 0 Å². The zero-order valence-electron chi connectivity index (χ0n) is 12.8. The first-order valence-electron chi connectivity index (χ1n) is 7.12. The van der Waals surface area contributed by atoms with E-state index < -0.39 is 0 Å². The molecule has 0 fully saturated rings. The van der Waals surface area contributed by atoms with Crippen LogP contribution in [0.4, 0.5) is 11.6 Å². The molecule has 8 heteroatoms. The number of rotatable bonds is 4. The summed E-state index contributed by atoms with van der Waals surface area (Å²) in [5.74, 6) is 1.93. The smallest absolute Gasteiger partial charge is 0.161 e. The summed E-state index contributed by atoms with van der Waals surface area (Å²) in [6.07, 6.45) is 4.97. The maximum atomic E-state index is 5.96. The fourth-order valence-corrected chi connectivity index (χ4v) is 2.58. The van der Waals surface area contributed by atoms with Crippen LogP contribution in [0, 0.1) is 6.92 Å². The molecule has 22 heavy (non-hydrogen) atoms. The Bertz CT molecular complexity index is 796. The maximum Gasteiger partial charge on any atom is 0.161 e. The summed E-state index contributed by atoms with van der Waals surface area (Å²) in [6.45, 7) is 6.70. The van der Waals surface area contributed by atoms with E-state index in [4.69, 9.17) is 5.73 Å². The number of aromatic amines is 1. The number of fused-ring (bicyclic) bond motifs is 1. The van der Waals surface area contributed by atoms with Gasteiger partial charge in [-0.25, -0.2) is 15.0 Å². The van der Waals surface area contributed by atoms with E-state index >= 15 is 0 Å². The highest BCUT2D eigenvalue weighted by molar-refractivity contribution is 5.86. The monoisotopic (exact) mass is 298 g/mol. The number of hydrogen-bond acceptors (Lipinski definition) is 7. The number of H-pyrrole nitrogens is 1. The molecule has 3 heterocycles. The second-order valence-corrected chi connectivity index (χ2v) is 5.02. The van der Waals surface area contributed by atoms with E-state index in [1.807, 2.05) is 13.8 Å². The lowest BCUT2D eigenvalue weighted by Gasteiger charge is -2.29. The summed E-state index contributed by atoms with van der Waals surface area (Å²) in [4.78, 5) is 19.5. The summed E-state index contributed by atoms with van der Waals surface area (Å²) < 4.78 is 0. The Morgan fingerprint density at radius 3 is 2.77 bits per heavy atom. The van der Waals surface area contributed by atoms with Gasteiger partial charge < -0.3 is 10.6 Å². The first-order valence-corrected chi connectivity index (χ1v) is 7.12. The zero-order valence-corrected chi connectivity index (χ0v) is 12.8. The van der Waals surface area contributed by atoms with Crippen LogP contribution >= 0.6 is 0 Å². The highest BCUT2D eigenvalue weighted by Gasteiger charge is 2.22. The van der Waals surface area contributed by atoms with E-state index in [0.29, 0.717) is 11.6 Å². The van der Waals surface area contributed by atoms with Crippen molar-refractivity contribution in [1.82, 2.24) is 30.1 Å². The Balaban J connectivity index is 2.10. The van der Waals surface area contributed by atoms with Gasteiger partial charge in [-0.1, -0.05) is 0 Å². The summed E-state index contributed by atoms with van der Waals surface area (Å²) in [5.41, 5.74) is 7.42. The minimum atomic E-state index is -0.0638. The molecule has 0 aliphatic heterocycles. The van der Waals surface area contributed by atoms with Gasteiger partial charge in [0.25, 0.3) is 0 Å². The number of anilines is 2. The number of aromatic nitrogens is 6. The Morgan fingerprint density at radius 1 is 1.27 bits per heavy atom. The Labute approximate surface area is 127 Å². The van der Waals surface area contributed by atoms with Crippen molar-refractivity contribution in [2.75, 3.05) is 17.2 Å². The van der Waals surface area contributed by atoms with Gasteiger partial charge in [0.05, 0.1) is 17.6 Å². The minimum absolute atomic E-state index is 0.0638. The predicted molar refractivity (Wildman–Crippen MR) is 84.3 cm³/mol. The fourth-order valence-electron chi connectivity index (χ4n) is 2.58. The van der Waals surface area contributed by atoms with Crippen molar-refractivity contribution in [2.45, 2.75) is 26.8 Å². The van der Waals surface area contributed by atoms with Gasteiger partial charge in [-0.05, 0) is 20.8 Å². The summed E-state index contributed by atoms with van der Waals surface area (Å²) in [5, 5.41) is 7.83. The van der Waals surface area contributed by atoms with Gasteiger partial charge in [-0.3, -0.25) is 10.1 Å². The van der Waals surface area contributed by atoms with Crippen LogP contribution < -0.4 is 10.6 Å². The molecule has 8 nitrogen and oxygen atoms in total. The second-order valence-electron chi connectivity index (χ2n) is 5.02. The summed E-state index contributed by atoms with van der Waals surface area (Å²) in [7, 11) is 0. The van der Waals surface area contributed by atoms with E-state index in [0.717, 1.165) is 29.1 Å². The van der Waals surface area contributed by atoms with Gasteiger partial charge in [-0.2, -0.15) is 5.10 Å². The lowest BCUT2D eigenvalue weighted by Crippen LogP contribution is -2.29. The topological polar surface area (TPSA) is 110 Å². The number of aryl methyl sites for hydroxylation is 1. The highest BCUT2D eigenvalue weighted by atomic mass is 15.2. The van der Waals surface area contributed by atoms with Gasteiger partial charge in [-0.15, -0.1) is 0 Å². The molecule has 0 aromatic carbocycles. The lowest BCUT2D eigenvalue weighted by molar-refractivity contribution is 0.661. The average Bonchev–Trinajstić information content (AvgIpc) is 2.96. The van der Waals surface area contributed by atoms with Crippen LogP contribution in [0.15, 0.2) is 18.6 Å². The molecule has 0 spiro atoms. The fraction of sp³-hybridized carbons (Fsp3) is 0.357. The molecule has 0 saturated carbocycles. The van der Waals surface area contributed by atoms with Gasteiger partial charge >= 0.3 is 0 Å². The molecule has 0 amide bonds. The number of hydrogen-bond donors (Lipinski definition) is 2. The van der Waals surface area contributed by atoms with Crippen molar-refractivity contribution in [2.24, 2.45) is 0 Å². The van der Waals surface area contributed by atoms with Crippen molar-refractivity contribution in [3.63, 3.8) is 0 Å². The molecule has 0 aliphatic rings. The van der Waals surface area contributed by atoms with Crippen molar-refractivity contribution in [3.8, 4) is 0 Å². The highest BCUT2D eigenvalue weighted by Crippen LogP contribution is 2.30. The predicted octanol–water partition coefficient (Wildman–Crippen LogP) is 1.62. The number of nitrogen functional groups attached to an aromatic ring is 1. The van der Waals surface area contributed by atoms with E-state index in [9.17, 15) is 0 Å². The van der Waals surface area contributed by atoms with Gasteiger partial charge in [0.15, 0.2) is 5.65 Å². The molecule has 114 valence electrons. The Kier molecular flexibility index (Phi) is 3.58. The van der Waals surface area contributed by atoms with Gasteiger partial charge in [0, 0.05) is 18.9 Å². The largest absolute Gasteiger partial charge is 0.382 e. The van der Waals surface area contributed by atoms with Gasteiger partial charge in [0.2, 0.25) is 0 Å². The summed E-state index contributed by atoms with van der Waals surface area (Å²) in [6, 6.07) is -0.0638. The van der Waals surface area contributed by atoms with Crippen molar-refractivity contribution >= 4 is 22.7 Å². The molecule has 0 radical (unpaired) electrons. The Hall–Kier alpha value is -2.77. The van der Waals surface area contributed by atoms with E-state index in [2.05, 4.69) is 42.0 Å². The molecular formula is C14H18N8. The van der Waals surface area contributed by atoms with Crippen LogP contribution in [0.5, 0.6) is 0 Å². The third-order valence-corrected chi connectivity index (χ3v) is 3.63. The first kappa shape index (κ1) is 14.2. The third-order valence-electron chi connectivity index (χ3n) is 3.63. The van der Waals surface area contributed by atoms with Crippen LogP contribution in [-0.2, 0) is 0 Å². The first-order chi connectivity index (χ1) is 10.6. The van der Waals surface area contributed by atoms with E-state index in [-0.39, 0.29) is 6.04 Å². The standard InChI is InChI=1S/C14H18N8/c1-4-22(8(2)11-12(15)17-6-5-16-11)14-10-7-18-21-13(10)19-9(3)20-14/h5-8H,4H2,1-3H3,(H2,15,17)(H,18,19,20,21). The quantitative estimate of drug-likeness (QED) is 0.753. The van der Waals surface area contributed by atoms with Crippen LogP contribution in [0.25, 0.3) is 11.0 Å². The number of nitrogens with one attached hydrogen (secondary N) is 1. The van der Waals surface area contributed by atoms with Crippen LogP contribution in [0.1, 0.15) is 31.4 Å². The van der Waals surface area contributed by atoms with Crippen molar-refractivity contribution in [3.05, 3.63) is 30.1 Å². The summed E-state index contributed by atoms with van der Waals surface area (Å²) >= 11 is 0. The number of nitrogens with two attached hydrogens (primary N) is 1. The molecule has 0 saturated heterocycles. The second kappa shape index (κ2) is 5.55. The molecule has 0 aliphatic carbocycles. The molecule has 3 rings (SSSR count). The number of nitrogens with zero attached hydrogens (tertiary/aromatic N) is 6. The normalized spacial score (nSPS) is 12.5.